The number of amides is 1. The lowest BCUT2D eigenvalue weighted by atomic mass is 10.1. The molecule has 1 heterocycles. The molecule has 0 spiro atoms. The predicted octanol–water partition coefficient (Wildman–Crippen LogP) is 3.10. The molecule has 1 aliphatic rings. The van der Waals surface area contributed by atoms with Crippen molar-refractivity contribution in [3.05, 3.63) is 34.7 Å². The summed E-state index contributed by atoms with van der Waals surface area (Å²) in [5.41, 5.74) is 0.747. The number of rotatable bonds is 7. The van der Waals surface area contributed by atoms with Crippen LogP contribution in [0.4, 0.5) is 0 Å². The second kappa shape index (κ2) is 8.55. The van der Waals surface area contributed by atoms with E-state index in [1.165, 1.54) is 16.7 Å². The van der Waals surface area contributed by atoms with Crippen LogP contribution in [0.3, 0.4) is 0 Å². The summed E-state index contributed by atoms with van der Waals surface area (Å²) in [6.07, 6.45) is 3.93. The van der Waals surface area contributed by atoms with E-state index in [9.17, 15) is 14.7 Å². The fourth-order valence-corrected chi connectivity index (χ4v) is 4.07. The molecule has 0 saturated carbocycles. The minimum absolute atomic E-state index is 0.273. The van der Waals surface area contributed by atoms with Gasteiger partial charge in [-0.3, -0.25) is 9.69 Å². The first kappa shape index (κ1) is 18.8. The quantitative estimate of drug-likeness (QED) is 0.573. The summed E-state index contributed by atoms with van der Waals surface area (Å²) in [7, 11) is 1.56. The summed E-state index contributed by atoms with van der Waals surface area (Å²) in [4.78, 5) is 25.8. The molecular formula is C16H17NO4S3. The topological polar surface area (TPSA) is 66.8 Å². The predicted molar refractivity (Wildman–Crippen MR) is 102 cm³/mol. The number of carboxylic acid groups (broad SMARTS) is 1. The maximum absolute atomic E-state index is 12.7. The van der Waals surface area contributed by atoms with Gasteiger partial charge in [0.05, 0.1) is 12.0 Å². The van der Waals surface area contributed by atoms with Crippen molar-refractivity contribution in [2.75, 3.05) is 19.1 Å². The Balaban J connectivity index is 2.30. The number of thioether (sulfide) groups is 2. The van der Waals surface area contributed by atoms with Crippen LogP contribution in [0.25, 0.3) is 6.08 Å². The van der Waals surface area contributed by atoms with Gasteiger partial charge in [-0.05, 0) is 30.6 Å². The standard InChI is InChI=1S/C16H17NO4S3/c1-21-12-6-4-3-5-10(12)9-13-14(18)17(16(22)24-13)11(15(19)20)7-8-23-2/h3-6,9,11H,7-8H2,1-2H3,(H,19,20)/b13-9-/t11-/m0/s1. The van der Waals surface area contributed by atoms with Crippen molar-refractivity contribution in [1.29, 1.82) is 0 Å². The first-order valence-corrected chi connectivity index (χ1v) is 9.73. The Hall–Kier alpha value is -1.51. The molecule has 5 nitrogen and oxygen atoms in total. The minimum atomic E-state index is -1.04. The number of ether oxygens (including phenoxy) is 1. The van der Waals surface area contributed by atoms with Gasteiger partial charge in [0.25, 0.3) is 5.91 Å². The van der Waals surface area contributed by atoms with Crippen molar-refractivity contribution < 1.29 is 19.4 Å². The molecule has 1 atom stereocenters. The number of nitrogens with zero attached hydrogens (tertiary/aromatic N) is 1. The van der Waals surface area contributed by atoms with Crippen LogP contribution < -0.4 is 4.74 Å². The monoisotopic (exact) mass is 383 g/mol. The molecular weight excluding hydrogens is 366 g/mol. The van der Waals surface area contributed by atoms with Gasteiger partial charge in [0.2, 0.25) is 0 Å². The lowest BCUT2D eigenvalue weighted by Crippen LogP contribution is -2.44. The Morgan fingerprint density at radius 2 is 2.21 bits per heavy atom. The molecule has 1 amide bonds. The second-order valence-corrected chi connectivity index (χ2v) is 7.59. The number of hydrogen-bond acceptors (Lipinski definition) is 6. The largest absolute Gasteiger partial charge is 0.496 e. The van der Waals surface area contributed by atoms with Gasteiger partial charge in [-0.15, -0.1) is 0 Å². The van der Waals surface area contributed by atoms with E-state index in [0.717, 1.165) is 17.3 Å². The summed E-state index contributed by atoms with van der Waals surface area (Å²) in [5.74, 6) is -0.136. The Morgan fingerprint density at radius 3 is 2.83 bits per heavy atom. The molecule has 1 saturated heterocycles. The molecule has 1 N–H and O–H groups in total. The van der Waals surface area contributed by atoms with Gasteiger partial charge in [-0.25, -0.2) is 4.79 Å². The Kier molecular flexibility index (Phi) is 6.70. The van der Waals surface area contributed by atoms with Crippen molar-refractivity contribution in [3.8, 4) is 5.75 Å². The van der Waals surface area contributed by atoms with Crippen LogP contribution in [0, 0.1) is 0 Å². The number of carboxylic acids is 1. The van der Waals surface area contributed by atoms with Crippen LogP contribution in [0.2, 0.25) is 0 Å². The van der Waals surface area contributed by atoms with Gasteiger partial charge in [0.1, 0.15) is 16.1 Å². The van der Waals surface area contributed by atoms with Crippen molar-refractivity contribution in [2.24, 2.45) is 0 Å². The average molecular weight is 384 g/mol. The number of para-hydroxylation sites is 1. The van der Waals surface area contributed by atoms with Gasteiger partial charge in [-0.1, -0.05) is 42.2 Å². The molecule has 128 valence electrons. The molecule has 0 bridgehead atoms. The Bertz CT molecular complexity index is 690. The number of carbonyl (C=O) groups is 2. The molecule has 1 aliphatic heterocycles. The normalized spacial score (nSPS) is 17.4. The first-order chi connectivity index (χ1) is 11.5. The zero-order valence-electron chi connectivity index (χ0n) is 13.2. The highest BCUT2D eigenvalue weighted by molar-refractivity contribution is 8.26. The van der Waals surface area contributed by atoms with Crippen LogP contribution in [-0.4, -0.2) is 51.4 Å². The maximum atomic E-state index is 12.7. The van der Waals surface area contributed by atoms with Gasteiger partial charge in [-0.2, -0.15) is 11.8 Å². The van der Waals surface area contributed by atoms with Gasteiger partial charge >= 0.3 is 5.97 Å². The van der Waals surface area contributed by atoms with Crippen LogP contribution >= 0.6 is 35.7 Å². The summed E-state index contributed by atoms with van der Waals surface area (Å²) < 4.78 is 5.55. The molecule has 1 aromatic carbocycles. The van der Waals surface area contributed by atoms with Gasteiger partial charge in [0, 0.05) is 5.56 Å². The maximum Gasteiger partial charge on any atom is 0.326 e. The van der Waals surface area contributed by atoms with Crippen molar-refractivity contribution >= 4 is 58.0 Å². The summed E-state index contributed by atoms with van der Waals surface area (Å²) in [6, 6.07) is 6.37. The summed E-state index contributed by atoms with van der Waals surface area (Å²) >= 11 is 7.90. The molecule has 0 radical (unpaired) electrons. The highest BCUT2D eigenvalue weighted by atomic mass is 32.2. The number of aliphatic carboxylic acids is 1. The molecule has 0 unspecified atom stereocenters. The molecule has 2 rings (SSSR count). The second-order valence-electron chi connectivity index (χ2n) is 4.93. The van der Waals surface area contributed by atoms with Crippen molar-refractivity contribution in [1.82, 2.24) is 4.90 Å². The van der Waals surface area contributed by atoms with Crippen molar-refractivity contribution in [3.63, 3.8) is 0 Å². The highest BCUT2D eigenvalue weighted by Crippen LogP contribution is 2.36. The number of hydrogen-bond donors (Lipinski definition) is 1. The lowest BCUT2D eigenvalue weighted by Gasteiger charge is -2.22. The summed E-state index contributed by atoms with van der Waals surface area (Å²) in [5, 5.41) is 9.44. The third-order valence-electron chi connectivity index (χ3n) is 3.44. The van der Waals surface area contributed by atoms with E-state index in [2.05, 4.69) is 0 Å². The third-order valence-corrected chi connectivity index (χ3v) is 5.42. The Morgan fingerprint density at radius 1 is 1.50 bits per heavy atom. The van der Waals surface area contributed by atoms with Gasteiger partial charge in [0.15, 0.2) is 0 Å². The number of thiocarbonyl (C=S) groups is 1. The lowest BCUT2D eigenvalue weighted by molar-refractivity contribution is -0.145. The molecule has 0 aliphatic carbocycles. The molecule has 1 aromatic rings. The van der Waals surface area contributed by atoms with Crippen LogP contribution in [0.5, 0.6) is 5.75 Å². The number of carbonyl (C=O) groups excluding carboxylic acids is 1. The van der Waals surface area contributed by atoms with Crippen LogP contribution in [-0.2, 0) is 9.59 Å². The van der Waals surface area contributed by atoms with E-state index in [4.69, 9.17) is 17.0 Å². The zero-order valence-corrected chi connectivity index (χ0v) is 15.7. The fraction of sp³-hybridized carbons (Fsp3) is 0.312. The highest BCUT2D eigenvalue weighted by Gasteiger charge is 2.40. The minimum Gasteiger partial charge on any atom is -0.496 e. The van der Waals surface area contributed by atoms with E-state index in [1.54, 1.807) is 19.3 Å². The van der Waals surface area contributed by atoms with Crippen LogP contribution in [0.15, 0.2) is 29.2 Å². The summed E-state index contributed by atoms with van der Waals surface area (Å²) in [6.45, 7) is 0. The van der Waals surface area contributed by atoms with E-state index in [0.29, 0.717) is 22.8 Å². The zero-order chi connectivity index (χ0) is 17.7. The first-order valence-electron chi connectivity index (χ1n) is 7.11. The smallest absolute Gasteiger partial charge is 0.326 e. The van der Waals surface area contributed by atoms with Crippen LogP contribution in [0.1, 0.15) is 12.0 Å². The Labute approximate surface area is 154 Å². The third kappa shape index (κ3) is 4.12. The SMILES string of the molecule is COc1ccccc1/C=C1\SC(=S)N([C@@H](CCSC)C(=O)O)C1=O. The van der Waals surface area contributed by atoms with E-state index < -0.39 is 12.0 Å². The van der Waals surface area contributed by atoms with E-state index in [-0.39, 0.29) is 10.2 Å². The van der Waals surface area contributed by atoms with Crippen molar-refractivity contribution in [2.45, 2.75) is 12.5 Å². The molecule has 1 fully saturated rings. The number of methoxy groups -OCH3 is 1. The molecule has 8 heteroatoms. The molecule has 0 aromatic heterocycles. The van der Waals surface area contributed by atoms with Gasteiger partial charge < -0.3 is 9.84 Å². The number of benzene rings is 1. The average Bonchev–Trinajstić information content (AvgIpc) is 2.83. The fourth-order valence-electron chi connectivity index (χ4n) is 2.27. The van der Waals surface area contributed by atoms with E-state index >= 15 is 0 Å². The molecule has 24 heavy (non-hydrogen) atoms. The van der Waals surface area contributed by atoms with E-state index in [1.807, 2.05) is 24.5 Å².